The highest BCUT2D eigenvalue weighted by Crippen LogP contribution is 2.39. The minimum absolute atomic E-state index is 0.0416. The smallest absolute Gasteiger partial charge is 0.269 e. The van der Waals surface area contributed by atoms with E-state index in [4.69, 9.17) is 0 Å². The van der Waals surface area contributed by atoms with E-state index in [-0.39, 0.29) is 17.8 Å². The van der Waals surface area contributed by atoms with E-state index in [0.717, 1.165) is 35.6 Å². The average molecular weight is 373 g/mol. The van der Waals surface area contributed by atoms with Gasteiger partial charge in [0.2, 0.25) is 0 Å². The number of quaternary nitrogens is 1. The molecule has 0 fully saturated rings. The number of fused-ring (bicyclic) bond motifs is 3. The maximum atomic E-state index is 12.7. The van der Waals surface area contributed by atoms with Crippen LogP contribution in [0.5, 0.6) is 0 Å². The lowest BCUT2D eigenvalue weighted by atomic mass is 9.99. The molecule has 4 rings (SSSR count). The Labute approximate surface area is 155 Å². The molecular weight excluding hydrogens is 352 g/mol. The molecule has 2 atom stereocenters. The van der Waals surface area contributed by atoms with Gasteiger partial charge in [-0.05, 0) is 37.1 Å². The molecule has 0 radical (unpaired) electrons. The molecule has 3 heterocycles. The highest BCUT2D eigenvalue weighted by Gasteiger charge is 2.35. The molecule has 0 spiro atoms. The van der Waals surface area contributed by atoms with Gasteiger partial charge in [0.25, 0.3) is 11.6 Å². The lowest BCUT2D eigenvalue weighted by molar-refractivity contribution is -0.936. The lowest BCUT2D eigenvalue weighted by Crippen LogP contribution is -3.14. The average Bonchev–Trinajstić information content (AvgIpc) is 2.99. The molecule has 0 bridgehead atoms. The van der Waals surface area contributed by atoms with E-state index in [0.29, 0.717) is 6.04 Å². The molecule has 1 amide bonds. The molecule has 0 aliphatic carbocycles. The summed E-state index contributed by atoms with van der Waals surface area (Å²) in [4.78, 5) is 26.0. The number of nitrogens with zero attached hydrogens (tertiary/aromatic N) is 1. The zero-order chi connectivity index (χ0) is 18.4. The monoisotopic (exact) mass is 373 g/mol. The molecule has 136 valence electrons. The SMILES string of the molecule is CC(C)[NH+]1CCc2c(sc3c2C(=O)N[C@H](c2ccc([N+](=O)[O-])cc2)N3)C1. The van der Waals surface area contributed by atoms with Gasteiger partial charge in [-0.15, -0.1) is 11.3 Å². The van der Waals surface area contributed by atoms with Gasteiger partial charge in [0.05, 0.1) is 28.0 Å². The first-order chi connectivity index (χ1) is 12.4. The lowest BCUT2D eigenvalue weighted by Gasteiger charge is -2.28. The van der Waals surface area contributed by atoms with Crippen LogP contribution in [-0.4, -0.2) is 23.4 Å². The van der Waals surface area contributed by atoms with Crippen LogP contribution in [-0.2, 0) is 13.0 Å². The molecular formula is C18H21N4O3S+. The molecule has 0 saturated carbocycles. The number of nitro groups is 1. The van der Waals surface area contributed by atoms with Gasteiger partial charge >= 0.3 is 0 Å². The van der Waals surface area contributed by atoms with Gasteiger partial charge in [0.15, 0.2) is 0 Å². The second-order valence-corrected chi connectivity index (χ2v) is 8.20. The van der Waals surface area contributed by atoms with Crippen LogP contribution < -0.4 is 15.5 Å². The van der Waals surface area contributed by atoms with Crippen molar-refractivity contribution in [2.75, 3.05) is 11.9 Å². The summed E-state index contributed by atoms with van der Waals surface area (Å²) in [6.45, 7) is 6.46. The largest absolute Gasteiger partial charge is 0.353 e. The minimum Gasteiger partial charge on any atom is -0.353 e. The number of nitrogens with one attached hydrogen (secondary N) is 3. The Kier molecular flexibility index (Phi) is 4.16. The maximum Gasteiger partial charge on any atom is 0.269 e. The Balaban J connectivity index is 1.61. The van der Waals surface area contributed by atoms with Gasteiger partial charge in [0, 0.05) is 18.6 Å². The van der Waals surface area contributed by atoms with Crippen molar-refractivity contribution in [1.82, 2.24) is 5.32 Å². The molecule has 1 aromatic heterocycles. The van der Waals surface area contributed by atoms with Crippen LogP contribution in [0.2, 0.25) is 0 Å². The number of hydrogen-bond donors (Lipinski definition) is 3. The van der Waals surface area contributed by atoms with Gasteiger partial charge in [-0.25, -0.2) is 0 Å². The van der Waals surface area contributed by atoms with Gasteiger partial charge in [0.1, 0.15) is 17.7 Å². The maximum absolute atomic E-state index is 12.7. The Morgan fingerprint density at radius 3 is 2.65 bits per heavy atom. The number of carbonyl (C=O) groups excluding carboxylic acids is 1. The van der Waals surface area contributed by atoms with E-state index in [1.165, 1.54) is 22.6 Å². The molecule has 8 heteroatoms. The molecule has 2 aliphatic rings. The number of anilines is 1. The van der Waals surface area contributed by atoms with Crippen LogP contribution in [0, 0.1) is 10.1 Å². The second kappa shape index (κ2) is 6.37. The van der Waals surface area contributed by atoms with Crippen molar-refractivity contribution in [2.24, 2.45) is 0 Å². The first-order valence-corrected chi connectivity index (χ1v) is 9.56. The van der Waals surface area contributed by atoms with E-state index in [9.17, 15) is 14.9 Å². The van der Waals surface area contributed by atoms with E-state index in [1.807, 2.05) is 0 Å². The number of non-ortho nitro benzene ring substituents is 1. The fraction of sp³-hybridized carbons (Fsp3) is 0.389. The Bertz CT molecular complexity index is 875. The van der Waals surface area contributed by atoms with Crippen molar-refractivity contribution >= 4 is 27.9 Å². The van der Waals surface area contributed by atoms with Crippen molar-refractivity contribution in [3.63, 3.8) is 0 Å². The third-order valence-corrected chi connectivity index (χ3v) is 6.37. The third-order valence-electron chi connectivity index (χ3n) is 5.21. The van der Waals surface area contributed by atoms with Crippen LogP contribution in [0.25, 0.3) is 0 Å². The van der Waals surface area contributed by atoms with Gasteiger partial charge < -0.3 is 15.5 Å². The highest BCUT2D eigenvalue weighted by atomic mass is 32.1. The van der Waals surface area contributed by atoms with Crippen molar-refractivity contribution in [1.29, 1.82) is 0 Å². The highest BCUT2D eigenvalue weighted by molar-refractivity contribution is 7.16. The number of thiophene rings is 1. The standard InChI is InChI=1S/C18H20N4O3S/c1-10(2)21-8-7-13-14(9-21)26-18-15(13)17(23)19-16(20-18)11-3-5-12(6-4-11)22(24)25/h3-6,10,16,20H,7-9H2,1-2H3,(H,19,23)/p+1/t16-/m0/s1. The van der Waals surface area contributed by atoms with E-state index in [2.05, 4.69) is 24.5 Å². The van der Waals surface area contributed by atoms with Crippen LogP contribution >= 0.6 is 11.3 Å². The summed E-state index contributed by atoms with van der Waals surface area (Å²) in [6, 6.07) is 6.85. The Hall–Kier alpha value is -2.45. The van der Waals surface area contributed by atoms with Crippen LogP contribution in [0.4, 0.5) is 10.7 Å². The van der Waals surface area contributed by atoms with Crippen molar-refractivity contribution in [3.8, 4) is 0 Å². The van der Waals surface area contributed by atoms with Gasteiger partial charge in [-0.2, -0.15) is 0 Å². The summed E-state index contributed by atoms with van der Waals surface area (Å²) in [6.07, 6.45) is 0.552. The van der Waals surface area contributed by atoms with E-state index >= 15 is 0 Å². The fourth-order valence-corrected chi connectivity index (χ4v) is 4.99. The first-order valence-electron chi connectivity index (χ1n) is 8.75. The molecule has 3 N–H and O–H groups in total. The second-order valence-electron chi connectivity index (χ2n) is 7.10. The first kappa shape index (κ1) is 17.0. The van der Waals surface area contributed by atoms with E-state index < -0.39 is 4.92 Å². The molecule has 2 aromatic rings. The predicted molar refractivity (Wildman–Crippen MR) is 99.6 cm³/mol. The predicted octanol–water partition coefficient (Wildman–Crippen LogP) is 1.86. The minimum atomic E-state index is -0.426. The number of amides is 1. The van der Waals surface area contributed by atoms with E-state index in [1.54, 1.807) is 28.4 Å². The quantitative estimate of drug-likeness (QED) is 0.566. The zero-order valence-corrected chi connectivity index (χ0v) is 15.5. The number of benzene rings is 1. The summed E-state index contributed by atoms with van der Waals surface area (Å²) < 4.78 is 0. The van der Waals surface area contributed by atoms with Crippen molar-refractivity contribution < 1.29 is 14.6 Å². The normalized spacial score (nSPS) is 21.6. The number of hydrogen-bond acceptors (Lipinski definition) is 5. The summed E-state index contributed by atoms with van der Waals surface area (Å²) in [5.74, 6) is -0.0624. The molecule has 7 nitrogen and oxygen atoms in total. The summed E-state index contributed by atoms with van der Waals surface area (Å²) in [5, 5.41) is 18.1. The summed E-state index contributed by atoms with van der Waals surface area (Å²) >= 11 is 1.67. The topological polar surface area (TPSA) is 88.7 Å². The molecule has 26 heavy (non-hydrogen) atoms. The van der Waals surface area contributed by atoms with Crippen LogP contribution in [0.1, 0.15) is 46.4 Å². The number of rotatable bonds is 3. The van der Waals surface area contributed by atoms with Crippen LogP contribution in [0.3, 0.4) is 0 Å². The number of nitro benzene ring substituents is 1. The van der Waals surface area contributed by atoms with Crippen molar-refractivity contribution in [3.05, 3.63) is 55.9 Å². The van der Waals surface area contributed by atoms with Crippen molar-refractivity contribution in [2.45, 2.75) is 39.0 Å². The zero-order valence-electron chi connectivity index (χ0n) is 14.7. The molecule has 1 aromatic carbocycles. The molecule has 2 aliphatic heterocycles. The number of carbonyl (C=O) groups is 1. The Morgan fingerprint density at radius 1 is 1.27 bits per heavy atom. The summed E-state index contributed by atoms with van der Waals surface area (Å²) in [7, 11) is 0. The third kappa shape index (κ3) is 2.85. The van der Waals surface area contributed by atoms with Gasteiger partial charge in [-0.3, -0.25) is 14.9 Å². The fourth-order valence-electron chi connectivity index (χ4n) is 3.66. The van der Waals surface area contributed by atoms with Gasteiger partial charge in [-0.1, -0.05) is 0 Å². The summed E-state index contributed by atoms with van der Waals surface area (Å²) in [5.41, 5.74) is 2.81. The van der Waals surface area contributed by atoms with Crippen LogP contribution in [0.15, 0.2) is 24.3 Å². The molecule has 0 saturated heterocycles. The Morgan fingerprint density at radius 2 is 2.00 bits per heavy atom. The molecule has 1 unspecified atom stereocenters.